The highest BCUT2D eigenvalue weighted by Gasteiger charge is 2.07. The van der Waals surface area contributed by atoms with Gasteiger partial charge in [-0.05, 0) is 77.6 Å². The molecule has 3 aromatic rings. The van der Waals surface area contributed by atoms with Gasteiger partial charge in [0.05, 0.1) is 6.21 Å². The van der Waals surface area contributed by atoms with Gasteiger partial charge in [-0.1, -0.05) is 49.7 Å². The Morgan fingerprint density at radius 2 is 1.75 bits per heavy atom. The predicted octanol–water partition coefficient (Wildman–Crippen LogP) is 5.88. The molecule has 166 valence electrons. The van der Waals surface area contributed by atoms with Crippen LogP contribution in [0.5, 0.6) is 11.5 Å². The van der Waals surface area contributed by atoms with Crippen LogP contribution in [0.15, 0.2) is 71.8 Å². The van der Waals surface area contributed by atoms with E-state index in [0.29, 0.717) is 23.3 Å². The zero-order chi connectivity index (χ0) is 22.9. The summed E-state index contributed by atoms with van der Waals surface area (Å²) in [6.07, 6.45) is 1.57. The van der Waals surface area contributed by atoms with Crippen LogP contribution in [-0.2, 0) is 11.4 Å². The Labute approximate surface area is 194 Å². The van der Waals surface area contributed by atoms with Crippen LogP contribution in [0, 0.1) is 6.92 Å². The van der Waals surface area contributed by atoms with Crippen LogP contribution >= 0.6 is 11.6 Å². The quantitative estimate of drug-likeness (QED) is 0.327. The number of hydrazone groups is 1. The second-order valence-electron chi connectivity index (χ2n) is 7.75. The smallest absolute Gasteiger partial charge is 0.277 e. The summed E-state index contributed by atoms with van der Waals surface area (Å²) in [6.45, 7) is 6.55. The molecule has 0 aliphatic rings. The largest absolute Gasteiger partial charge is 0.489 e. The number of aryl methyl sites for hydroxylation is 1. The normalized spacial score (nSPS) is 11.0. The number of hydrogen-bond donors (Lipinski definition) is 1. The summed E-state index contributed by atoms with van der Waals surface area (Å²) in [5.74, 6) is 1.53. The Balaban J connectivity index is 1.44. The Morgan fingerprint density at radius 1 is 1.03 bits per heavy atom. The molecule has 32 heavy (non-hydrogen) atoms. The third-order valence-corrected chi connectivity index (χ3v) is 5.09. The van der Waals surface area contributed by atoms with Crippen molar-refractivity contribution in [1.82, 2.24) is 5.43 Å². The van der Waals surface area contributed by atoms with Crippen molar-refractivity contribution in [2.75, 3.05) is 6.61 Å². The summed E-state index contributed by atoms with van der Waals surface area (Å²) < 4.78 is 11.4. The van der Waals surface area contributed by atoms with Crippen LogP contribution in [0.1, 0.15) is 42.0 Å². The minimum absolute atomic E-state index is 0.1000. The number of halogens is 1. The van der Waals surface area contributed by atoms with E-state index in [1.54, 1.807) is 6.21 Å². The molecule has 0 fully saturated rings. The number of hydrogen-bond acceptors (Lipinski definition) is 4. The van der Waals surface area contributed by atoms with Crippen LogP contribution in [0.2, 0.25) is 5.02 Å². The summed E-state index contributed by atoms with van der Waals surface area (Å²) in [5, 5.41) is 4.70. The molecule has 1 amide bonds. The second-order valence-corrected chi connectivity index (χ2v) is 8.18. The molecule has 0 radical (unpaired) electrons. The van der Waals surface area contributed by atoms with Gasteiger partial charge in [0.15, 0.2) is 6.61 Å². The van der Waals surface area contributed by atoms with Crippen molar-refractivity contribution in [3.8, 4) is 11.5 Å². The van der Waals surface area contributed by atoms with Crippen molar-refractivity contribution in [2.45, 2.75) is 33.3 Å². The third kappa shape index (κ3) is 7.13. The Hall–Kier alpha value is -3.31. The molecule has 3 rings (SSSR count). The first-order valence-corrected chi connectivity index (χ1v) is 10.8. The van der Waals surface area contributed by atoms with Crippen molar-refractivity contribution in [1.29, 1.82) is 0 Å². The summed E-state index contributed by atoms with van der Waals surface area (Å²) in [5.41, 5.74) is 6.52. The lowest BCUT2D eigenvalue weighted by Crippen LogP contribution is -2.24. The summed E-state index contributed by atoms with van der Waals surface area (Å²) >= 11 is 5.89. The van der Waals surface area contributed by atoms with Crippen molar-refractivity contribution < 1.29 is 14.3 Å². The molecule has 0 heterocycles. The van der Waals surface area contributed by atoms with Gasteiger partial charge < -0.3 is 9.47 Å². The van der Waals surface area contributed by atoms with E-state index in [2.05, 4.69) is 30.4 Å². The van der Waals surface area contributed by atoms with Gasteiger partial charge >= 0.3 is 0 Å². The Morgan fingerprint density at radius 3 is 2.44 bits per heavy atom. The van der Waals surface area contributed by atoms with Gasteiger partial charge in [-0.3, -0.25) is 4.79 Å². The molecule has 0 aliphatic heterocycles. The first-order chi connectivity index (χ1) is 15.4. The first-order valence-electron chi connectivity index (χ1n) is 10.4. The molecular formula is C26H27ClN2O3. The van der Waals surface area contributed by atoms with Crippen LogP contribution in [0.4, 0.5) is 0 Å². The first kappa shape index (κ1) is 23.4. The average Bonchev–Trinajstić information content (AvgIpc) is 2.79. The zero-order valence-corrected chi connectivity index (χ0v) is 19.2. The Bertz CT molecular complexity index is 1060. The maximum atomic E-state index is 12.1. The van der Waals surface area contributed by atoms with Crippen molar-refractivity contribution in [3.05, 3.63) is 94.0 Å². The second kappa shape index (κ2) is 11.3. The molecule has 5 nitrogen and oxygen atoms in total. The predicted molar refractivity (Wildman–Crippen MR) is 129 cm³/mol. The lowest BCUT2D eigenvalue weighted by atomic mass is 10.0. The van der Waals surface area contributed by atoms with Crippen LogP contribution in [0.25, 0.3) is 0 Å². The third-order valence-electron chi connectivity index (χ3n) is 4.84. The van der Waals surface area contributed by atoms with E-state index in [-0.39, 0.29) is 12.5 Å². The molecule has 3 aromatic carbocycles. The maximum absolute atomic E-state index is 12.1. The van der Waals surface area contributed by atoms with E-state index in [0.717, 1.165) is 22.4 Å². The van der Waals surface area contributed by atoms with Crippen LogP contribution in [0.3, 0.4) is 0 Å². The summed E-state index contributed by atoms with van der Waals surface area (Å²) in [7, 11) is 0. The fourth-order valence-corrected chi connectivity index (χ4v) is 3.01. The molecule has 0 saturated carbocycles. The highest BCUT2D eigenvalue weighted by molar-refractivity contribution is 6.30. The van der Waals surface area contributed by atoms with Gasteiger partial charge in [-0.25, -0.2) is 5.43 Å². The van der Waals surface area contributed by atoms with E-state index in [9.17, 15) is 4.79 Å². The fraction of sp³-hybridized carbons (Fsp3) is 0.231. The molecule has 0 spiro atoms. The van der Waals surface area contributed by atoms with Crippen LogP contribution in [-0.4, -0.2) is 18.7 Å². The zero-order valence-electron chi connectivity index (χ0n) is 18.5. The van der Waals surface area contributed by atoms with E-state index >= 15 is 0 Å². The molecular weight excluding hydrogens is 424 g/mol. The van der Waals surface area contributed by atoms with Crippen molar-refractivity contribution in [3.63, 3.8) is 0 Å². The van der Waals surface area contributed by atoms with Crippen molar-refractivity contribution in [2.24, 2.45) is 5.10 Å². The van der Waals surface area contributed by atoms with Gasteiger partial charge in [0.25, 0.3) is 5.91 Å². The fourth-order valence-electron chi connectivity index (χ4n) is 2.88. The van der Waals surface area contributed by atoms with Gasteiger partial charge in [-0.15, -0.1) is 0 Å². The summed E-state index contributed by atoms with van der Waals surface area (Å²) in [4.78, 5) is 12.1. The standard InChI is InChI=1S/C26H27ClN2O3/c1-18(2)22-9-4-19(3)25(14-22)32-17-26(30)29-28-15-20-7-12-24(13-8-20)31-16-21-5-10-23(27)11-6-21/h4-15,18H,16-17H2,1-3H3,(H,29,30)/b28-15-. The molecule has 0 unspecified atom stereocenters. The van der Waals surface area contributed by atoms with E-state index in [1.165, 1.54) is 5.56 Å². The van der Waals surface area contributed by atoms with Gasteiger partial charge in [0, 0.05) is 5.02 Å². The van der Waals surface area contributed by atoms with E-state index < -0.39 is 0 Å². The van der Waals surface area contributed by atoms with Gasteiger partial charge in [0.2, 0.25) is 0 Å². The SMILES string of the molecule is Cc1ccc(C(C)C)cc1OCC(=O)N/N=C\c1ccc(OCc2ccc(Cl)cc2)cc1. The number of rotatable bonds is 9. The molecule has 0 saturated heterocycles. The number of ether oxygens (including phenoxy) is 2. The lowest BCUT2D eigenvalue weighted by molar-refractivity contribution is -0.123. The molecule has 6 heteroatoms. The molecule has 1 N–H and O–H groups in total. The van der Waals surface area contributed by atoms with Crippen LogP contribution < -0.4 is 14.9 Å². The minimum atomic E-state index is -0.321. The molecule has 0 aromatic heterocycles. The average molecular weight is 451 g/mol. The van der Waals surface area contributed by atoms with E-state index in [1.807, 2.05) is 67.6 Å². The molecule has 0 aliphatic carbocycles. The van der Waals surface area contributed by atoms with Gasteiger partial charge in [0.1, 0.15) is 18.1 Å². The highest BCUT2D eigenvalue weighted by atomic mass is 35.5. The van der Waals surface area contributed by atoms with Gasteiger partial charge in [-0.2, -0.15) is 5.10 Å². The number of carbonyl (C=O) groups is 1. The minimum Gasteiger partial charge on any atom is -0.489 e. The highest BCUT2D eigenvalue weighted by Crippen LogP contribution is 2.24. The molecule has 0 bridgehead atoms. The Kier molecular flexibility index (Phi) is 8.28. The number of carbonyl (C=O) groups excluding carboxylic acids is 1. The topological polar surface area (TPSA) is 59.9 Å². The summed E-state index contributed by atoms with van der Waals surface area (Å²) in [6, 6.07) is 21.0. The van der Waals surface area contributed by atoms with E-state index in [4.69, 9.17) is 21.1 Å². The molecule has 0 atom stereocenters. The number of nitrogens with zero attached hydrogens (tertiary/aromatic N) is 1. The number of amides is 1. The lowest BCUT2D eigenvalue weighted by Gasteiger charge is -2.12. The maximum Gasteiger partial charge on any atom is 0.277 e. The van der Waals surface area contributed by atoms with Crippen molar-refractivity contribution >= 4 is 23.7 Å². The monoisotopic (exact) mass is 450 g/mol. The number of benzene rings is 3. The number of nitrogens with one attached hydrogen (secondary N) is 1.